The number of carbonyl (C=O) groups excluding carboxylic acids is 1. The summed E-state index contributed by atoms with van der Waals surface area (Å²) in [6.07, 6.45) is 0. The van der Waals surface area contributed by atoms with Crippen LogP contribution < -0.4 is 5.01 Å². The summed E-state index contributed by atoms with van der Waals surface area (Å²) in [6.45, 7) is 3.69. The number of non-ortho nitro benzene ring substituents is 1. The maximum Gasteiger partial charge on any atom is 0.282 e. The topological polar surface area (TPSA) is 113 Å². The van der Waals surface area contributed by atoms with E-state index in [2.05, 4.69) is 20.3 Å². The molecule has 0 fully saturated rings. The standard InChI is InChI=1S/C20H16N6O3S/c1-12-6-8-15(9-7-12)22-23-18-13(2)24-25(19(18)27)20-21-17(11-30-20)14-4-3-5-16(10-14)26(28)29/h3-11,18H,1-2H3/t18-/m0/s1. The third-order valence-corrected chi connectivity index (χ3v) is 5.26. The van der Waals surface area contributed by atoms with Gasteiger partial charge < -0.3 is 0 Å². The summed E-state index contributed by atoms with van der Waals surface area (Å²) in [6, 6.07) is 12.9. The Balaban J connectivity index is 1.54. The van der Waals surface area contributed by atoms with Crippen molar-refractivity contribution in [1.29, 1.82) is 0 Å². The zero-order valence-corrected chi connectivity index (χ0v) is 16.9. The smallest absolute Gasteiger partial charge is 0.269 e. The van der Waals surface area contributed by atoms with Gasteiger partial charge >= 0.3 is 0 Å². The van der Waals surface area contributed by atoms with Gasteiger partial charge in [-0.1, -0.05) is 29.8 Å². The molecule has 1 atom stereocenters. The van der Waals surface area contributed by atoms with E-state index in [-0.39, 0.29) is 11.6 Å². The van der Waals surface area contributed by atoms with Gasteiger partial charge in [0.1, 0.15) is 0 Å². The fraction of sp³-hybridized carbons (Fsp3) is 0.150. The van der Waals surface area contributed by atoms with Gasteiger partial charge in [0.05, 0.1) is 22.0 Å². The molecule has 4 rings (SSSR count). The lowest BCUT2D eigenvalue weighted by Crippen LogP contribution is -2.29. The van der Waals surface area contributed by atoms with E-state index in [1.165, 1.54) is 28.5 Å². The Morgan fingerprint density at radius 2 is 1.93 bits per heavy atom. The van der Waals surface area contributed by atoms with Crippen LogP contribution in [0.5, 0.6) is 0 Å². The highest BCUT2D eigenvalue weighted by molar-refractivity contribution is 7.14. The molecule has 1 amide bonds. The number of nitro benzene ring substituents is 1. The highest BCUT2D eigenvalue weighted by Gasteiger charge is 2.36. The van der Waals surface area contributed by atoms with E-state index in [1.54, 1.807) is 24.4 Å². The number of aromatic nitrogens is 1. The molecule has 0 aliphatic carbocycles. The largest absolute Gasteiger partial charge is 0.282 e. The van der Waals surface area contributed by atoms with Gasteiger partial charge in [0.2, 0.25) is 5.13 Å². The molecule has 10 heteroatoms. The van der Waals surface area contributed by atoms with Crippen LogP contribution in [0, 0.1) is 17.0 Å². The van der Waals surface area contributed by atoms with Crippen LogP contribution in [0.15, 0.2) is 69.2 Å². The van der Waals surface area contributed by atoms with Crippen molar-refractivity contribution in [3.63, 3.8) is 0 Å². The van der Waals surface area contributed by atoms with Crippen molar-refractivity contribution in [1.82, 2.24) is 4.98 Å². The molecule has 3 aromatic rings. The molecule has 0 saturated heterocycles. The lowest BCUT2D eigenvalue weighted by Gasteiger charge is -2.08. The summed E-state index contributed by atoms with van der Waals surface area (Å²) in [5.41, 5.74) is 3.38. The van der Waals surface area contributed by atoms with Gasteiger partial charge in [0.25, 0.3) is 11.6 Å². The molecule has 0 spiro atoms. The Labute approximate surface area is 175 Å². The average Bonchev–Trinajstić information content (AvgIpc) is 3.33. The van der Waals surface area contributed by atoms with Crippen molar-refractivity contribution >= 4 is 39.5 Å². The highest BCUT2D eigenvalue weighted by Crippen LogP contribution is 2.32. The van der Waals surface area contributed by atoms with Crippen molar-refractivity contribution in [2.75, 3.05) is 5.01 Å². The summed E-state index contributed by atoms with van der Waals surface area (Å²) in [4.78, 5) is 27.8. The lowest BCUT2D eigenvalue weighted by molar-refractivity contribution is -0.384. The minimum absolute atomic E-state index is 0.0234. The van der Waals surface area contributed by atoms with Crippen molar-refractivity contribution in [3.8, 4) is 11.3 Å². The second-order valence-corrected chi connectivity index (χ2v) is 7.50. The number of nitro groups is 1. The number of hydrogen-bond donors (Lipinski definition) is 0. The summed E-state index contributed by atoms with van der Waals surface area (Å²) in [5.74, 6) is -0.344. The normalized spacial score (nSPS) is 16.3. The van der Waals surface area contributed by atoms with E-state index < -0.39 is 11.0 Å². The van der Waals surface area contributed by atoms with E-state index in [0.29, 0.717) is 27.8 Å². The van der Waals surface area contributed by atoms with Gasteiger partial charge in [0.15, 0.2) is 6.04 Å². The van der Waals surface area contributed by atoms with Gasteiger partial charge in [-0.2, -0.15) is 20.3 Å². The first-order chi connectivity index (χ1) is 14.4. The fourth-order valence-electron chi connectivity index (χ4n) is 2.83. The van der Waals surface area contributed by atoms with Crippen molar-refractivity contribution < 1.29 is 9.72 Å². The Bertz CT molecular complexity index is 1190. The van der Waals surface area contributed by atoms with E-state index in [0.717, 1.165) is 5.56 Å². The van der Waals surface area contributed by atoms with Crippen molar-refractivity contribution in [2.24, 2.45) is 15.3 Å². The van der Waals surface area contributed by atoms with Crippen molar-refractivity contribution in [2.45, 2.75) is 19.9 Å². The molecule has 0 bridgehead atoms. The first-order valence-corrected chi connectivity index (χ1v) is 9.87. The minimum atomic E-state index is -0.809. The number of thiazole rings is 1. The van der Waals surface area contributed by atoms with Crippen LogP contribution >= 0.6 is 11.3 Å². The molecule has 1 aliphatic rings. The van der Waals surface area contributed by atoms with E-state index >= 15 is 0 Å². The average molecular weight is 420 g/mol. The third-order valence-electron chi connectivity index (χ3n) is 4.44. The molecule has 0 unspecified atom stereocenters. The molecular formula is C20H16N6O3S. The quantitative estimate of drug-likeness (QED) is 0.332. The van der Waals surface area contributed by atoms with Crippen LogP contribution in [-0.4, -0.2) is 27.6 Å². The van der Waals surface area contributed by atoms with Crippen LogP contribution in [-0.2, 0) is 4.79 Å². The zero-order chi connectivity index (χ0) is 21.3. The molecule has 1 aliphatic heterocycles. The van der Waals surface area contributed by atoms with Crippen molar-refractivity contribution in [3.05, 3.63) is 69.6 Å². The SMILES string of the molecule is CC1=NN(c2nc(-c3cccc([N+](=O)[O-])c3)cs2)C(=O)[C@H]1N=Nc1ccc(C)cc1. The number of carbonyl (C=O) groups is 1. The van der Waals surface area contributed by atoms with Gasteiger partial charge in [-0.3, -0.25) is 14.9 Å². The molecule has 0 radical (unpaired) electrons. The third kappa shape index (κ3) is 3.85. The molecule has 9 nitrogen and oxygen atoms in total. The van der Waals surface area contributed by atoms with Gasteiger partial charge in [-0.25, -0.2) is 4.98 Å². The van der Waals surface area contributed by atoms with Gasteiger partial charge in [-0.05, 0) is 26.0 Å². The Kier molecular flexibility index (Phi) is 5.15. The van der Waals surface area contributed by atoms with Crippen LogP contribution in [0.2, 0.25) is 0 Å². The lowest BCUT2D eigenvalue weighted by atomic mass is 10.1. The van der Waals surface area contributed by atoms with E-state index in [9.17, 15) is 14.9 Å². The number of anilines is 1. The molecule has 30 heavy (non-hydrogen) atoms. The number of azo groups is 1. The number of hydrogen-bond acceptors (Lipinski definition) is 8. The number of hydrazone groups is 1. The molecule has 150 valence electrons. The minimum Gasteiger partial charge on any atom is -0.269 e. The van der Waals surface area contributed by atoms with E-state index in [1.807, 2.05) is 31.2 Å². The molecule has 0 N–H and O–H groups in total. The number of rotatable bonds is 5. The predicted molar refractivity (Wildman–Crippen MR) is 114 cm³/mol. The highest BCUT2D eigenvalue weighted by atomic mass is 32.1. The predicted octanol–water partition coefficient (Wildman–Crippen LogP) is 4.90. The number of nitrogens with zero attached hydrogens (tertiary/aromatic N) is 6. The summed E-state index contributed by atoms with van der Waals surface area (Å²) >= 11 is 1.22. The summed E-state index contributed by atoms with van der Waals surface area (Å²) < 4.78 is 0. The number of benzene rings is 2. The maximum absolute atomic E-state index is 12.8. The van der Waals surface area contributed by atoms with Crippen LogP contribution in [0.3, 0.4) is 0 Å². The number of amides is 1. The molecule has 0 saturated carbocycles. The second kappa shape index (κ2) is 7.91. The van der Waals surface area contributed by atoms with E-state index in [4.69, 9.17) is 0 Å². The van der Waals surface area contributed by atoms with Crippen LogP contribution in [0.4, 0.5) is 16.5 Å². The summed E-state index contributed by atoms with van der Waals surface area (Å²) in [5, 5.41) is 26.9. The molecule has 1 aromatic heterocycles. The molecule has 2 heterocycles. The number of aryl methyl sites for hydroxylation is 1. The second-order valence-electron chi connectivity index (χ2n) is 6.67. The first kappa shape index (κ1) is 19.5. The zero-order valence-electron chi connectivity index (χ0n) is 16.1. The molecular weight excluding hydrogens is 404 g/mol. The van der Waals surface area contributed by atoms with Gasteiger partial charge in [0, 0.05) is 23.1 Å². The summed E-state index contributed by atoms with van der Waals surface area (Å²) in [7, 11) is 0. The van der Waals surface area contributed by atoms with Crippen LogP contribution in [0.1, 0.15) is 12.5 Å². The monoisotopic (exact) mass is 420 g/mol. The maximum atomic E-state index is 12.8. The Morgan fingerprint density at radius 3 is 2.67 bits per heavy atom. The Morgan fingerprint density at radius 1 is 1.17 bits per heavy atom. The first-order valence-electron chi connectivity index (χ1n) is 8.99. The fourth-order valence-corrected chi connectivity index (χ4v) is 3.62. The van der Waals surface area contributed by atoms with Gasteiger partial charge in [-0.15, -0.1) is 11.3 Å². The van der Waals surface area contributed by atoms with Crippen LogP contribution in [0.25, 0.3) is 11.3 Å². The molecule has 2 aromatic carbocycles. The Hall–Kier alpha value is -3.79.